The lowest BCUT2D eigenvalue weighted by molar-refractivity contribution is 0.0764. The van der Waals surface area contributed by atoms with Gasteiger partial charge in [-0.05, 0) is 24.8 Å². The van der Waals surface area contributed by atoms with E-state index in [0.717, 1.165) is 46.0 Å². The number of ether oxygens (including phenoxy) is 2. The van der Waals surface area contributed by atoms with Crippen LogP contribution in [-0.4, -0.2) is 64.1 Å². The predicted octanol–water partition coefficient (Wildman–Crippen LogP) is 0.723. The van der Waals surface area contributed by atoms with Crippen molar-refractivity contribution in [2.75, 3.05) is 53.1 Å². The number of hydrogen-bond donors (Lipinski definition) is 1. The molecule has 2 saturated heterocycles. The smallest absolute Gasteiger partial charge is 0.0622 e. The van der Waals surface area contributed by atoms with E-state index in [2.05, 4.69) is 17.1 Å². The first-order chi connectivity index (χ1) is 8.23. The molecule has 17 heavy (non-hydrogen) atoms. The summed E-state index contributed by atoms with van der Waals surface area (Å²) >= 11 is 0. The summed E-state index contributed by atoms with van der Waals surface area (Å²) < 4.78 is 10.7. The first kappa shape index (κ1) is 13.3. The average Bonchev–Trinajstić information content (AvgIpc) is 2.95. The van der Waals surface area contributed by atoms with Crippen LogP contribution in [0.1, 0.15) is 19.8 Å². The van der Waals surface area contributed by atoms with Gasteiger partial charge < -0.3 is 14.8 Å². The molecule has 2 fully saturated rings. The zero-order valence-corrected chi connectivity index (χ0v) is 11.2. The summed E-state index contributed by atoms with van der Waals surface area (Å²) in [6.07, 6.45) is 2.46. The van der Waals surface area contributed by atoms with E-state index in [0.29, 0.717) is 11.5 Å². The van der Waals surface area contributed by atoms with Crippen molar-refractivity contribution in [2.45, 2.75) is 25.8 Å². The number of rotatable bonds is 6. The second-order valence-corrected chi connectivity index (χ2v) is 5.72. The molecule has 0 aromatic heterocycles. The van der Waals surface area contributed by atoms with Crippen molar-refractivity contribution in [3.63, 3.8) is 0 Å². The molecular weight excluding hydrogens is 216 g/mol. The minimum Gasteiger partial charge on any atom is -0.383 e. The Morgan fingerprint density at radius 2 is 2.41 bits per heavy atom. The molecule has 2 unspecified atom stereocenters. The topological polar surface area (TPSA) is 33.7 Å². The maximum Gasteiger partial charge on any atom is 0.0622 e. The fraction of sp³-hybridized carbons (Fsp3) is 1.00. The molecule has 0 aliphatic carbocycles. The van der Waals surface area contributed by atoms with Crippen LogP contribution < -0.4 is 5.32 Å². The third kappa shape index (κ3) is 3.65. The number of nitrogens with one attached hydrogen (secondary N) is 1. The Hall–Kier alpha value is -0.160. The molecule has 0 saturated carbocycles. The van der Waals surface area contributed by atoms with Crippen molar-refractivity contribution in [1.82, 2.24) is 10.2 Å². The van der Waals surface area contributed by atoms with Crippen LogP contribution in [0.2, 0.25) is 0 Å². The molecule has 2 aliphatic heterocycles. The minimum absolute atomic E-state index is 0.427. The zero-order chi connectivity index (χ0) is 12.1. The number of methoxy groups -OCH3 is 1. The molecule has 1 N–H and O–H groups in total. The van der Waals surface area contributed by atoms with Gasteiger partial charge in [-0.25, -0.2) is 0 Å². The Bertz CT molecular complexity index is 223. The van der Waals surface area contributed by atoms with E-state index in [-0.39, 0.29) is 0 Å². The van der Waals surface area contributed by atoms with E-state index in [1.165, 1.54) is 12.8 Å². The normalized spacial score (nSPS) is 33.7. The fourth-order valence-electron chi connectivity index (χ4n) is 2.90. The summed E-state index contributed by atoms with van der Waals surface area (Å²) in [5.74, 6) is 0. The molecule has 2 heterocycles. The minimum atomic E-state index is 0.427. The van der Waals surface area contributed by atoms with Gasteiger partial charge in [0.15, 0.2) is 0 Å². The molecule has 4 nitrogen and oxygen atoms in total. The first-order valence-electron chi connectivity index (χ1n) is 6.75. The molecule has 0 aromatic carbocycles. The highest BCUT2D eigenvalue weighted by atomic mass is 16.5. The average molecular weight is 242 g/mol. The van der Waals surface area contributed by atoms with Crippen molar-refractivity contribution >= 4 is 0 Å². The second kappa shape index (κ2) is 6.14. The van der Waals surface area contributed by atoms with Gasteiger partial charge in [0.2, 0.25) is 0 Å². The van der Waals surface area contributed by atoms with E-state index in [1.807, 2.05) is 0 Å². The van der Waals surface area contributed by atoms with Gasteiger partial charge in [0.1, 0.15) is 0 Å². The molecular formula is C13H26N2O2. The van der Waals surface area contributed by atoms with Gasteiger partial charge in [0, 0.05) is 39.4 Å². The monoisotopic (exact) mass is 242 g/mol. The summed E-state index contributed by atoms with van der Waals surface area (Å²) in [7, 11) is 1.78. The largest absolute Gasteiger partial charge is 0.383 e. The Kier molecular flexibility index (Phi) is 4.79. The van der Waals surface area contributed by atoms with Crippen LogP contribution >= 0.6 is 0 Å². The standard InChI is InChI=1S/C13H26N2O2/c1-13(4-5-14-10-13)11-15(6-8-16-2)12-3-7-17-9-12/h12,14H,3-11H2,1-2H3. The third-order valence-corrected chi connectivity index (χ3v) is 4.05. The van der Waals surface area contributed by atoms with E-state index in [4.69, 9.17) is 9.47 Å². The molecule has 0 radical (unpaired) electrons. The molecule has 2 rings (SSSR count). The number of hydrogen-bond acceptors (Lipinski definition) is 4. The van der Waals surface area contributed by atoms with Crippen molar-refractivity contribution in [3.8, 4) is 0 Å². The summed E-state index contributed by atoms with van der Waals surface area (Å²) in [5.41, 5.74) is 0.427. The van der Waals surface area contributed by atoms with Gasteiger partial charge in [-0.1, -0.05) is 6.92 Å². The molecule has 0 spiro atoms. The van der Waals surface area contributed by atoms with Crippen molar-refractivity contribution in [2.24, 2.45) is 5.41 Å². The SMILES string of the molecule is COCCN(CC1(C)CCNC1)C1CCOC1. The lowest BCUT2D eigenvalue weighted by atomic mass is 9.88. The predicted molar refractivity (Wildman–Crippen MR) is 68.3 cm³/mol. The molecule has 2 atom stereocenters. The van der Waals surface area contributed by atoms with Crippen LogP contribution in [0.4, 0.5) is 0 Å². The van der Waals surface area contributed by atoms with E-state index >= 15 is 0 Å². The zero-order valence-electron chi connectivity index (χ0n) is 11.2. The highest BCUT2D eigenvalue weighted by Crippen LogP contribution is 2.27. The van der Waals surface area contributed by atoms with Crippen molar-refractivity contribution < 1.29 is 9.47 Å². The highest BCUT2D eigenvalue weighted by Gasteiger charge is 2.33. The van der Waals surface area contributed by atoms with Gasteiger partial charge >= 0.3 is 0 Å². The van der Waals surface area contributed by atoms with Gasteiger partial charge in [-0.2, -0.15) is 0 Å². The summed E-state index contributed by atoms with van der Waals surface area (Å²) in [6.45, 7) is 9.52. The van der Waals surface area contributed by atoms with Crippen LogP contribution in [0.15, 0.2) is 0 Å². The quantitative estimate of drug-likeness (QED) is 0.744. The van der Waals surface area contributed by atoms with Crippen LogP contribution in [0.25, 0.3) is 0 Å². The summed E-state index contributed by atoms with van der Waals surface area (Å²) in [6, 6.07) is 0.600. The Morgan fingerprint density at radius 3 is 3.00 bits per heavy atom. The van der Waals surface area contributed by atoms with Gasteiger partial charge in [0.05, 0.1) is 13.2 Å². The summed E-state index contributed by atoms with van der Waals surface area (Å²) in [5, 5.41) is 3.48. The van der Waals surface area contributed by atoms with Crippen LogP contribution in [-0.2, 0) is 9.47 Å². The maximum absolute atomic E-state index is 5.52. The number of nitrogens with zero attached hydrogens (tertiary/aromatic N) is 1. The molecule has 2 aliphatic rings. The second-order valence-electron chi connectivity index (χ2n) is 5.72. The third-order valence-electron chi connectivity index (χ3n) is 4.05. The molecule has 100 valence electrons. The van der Waals surface area contributed by atoms with E-state index < -0.39 is 0 Å². The van der Waals surface area contributed by atoms with Crippen LogP contribution in [0, 0.1) is 5.41 Å². The molecule has 4 heteroatoms. The van der Waals surface area contributed by atoms with Crippen molar-refractivity contribution in [1.29, 1.82) is 0 Å². The van der Waals surface area contributed by atoms with Gasteiger partial charge in [-0.3, -0.25) is 4.90 Å². The van der Waals surface area contributed by atoms with Crippen molar-refractivity contribution in [3.05, 3.63) is 0 Å². The first-order valence-corrected chi connectivity index (χ1v) is 6.75. The highest BCUT2D eigenvalue weighted by molar-refractivity contribution is 4.89. The molecule has 0 amide bonds. The van der Waals surface area contributed by atoms with Crippen LogP contribution in [0.3, 0.4) is 0 Å². The lowest BCUT2D eigenvalue weighted by Crippen LogP contribution is -2.45. The Balaban J connectivity index is 1.89. The van der Waals surface area contributed by atoms with E-state index in [9.17, 15) is 0 Å². The van der Waals surface area contributed by atoms with Gasteiger partial charge in [0.25, 0.3) is 0 Å². The van der Waals surface area contributed by atoms with Crippen LogP contribution in [0.5, 0.6) is 0 Å². The van der Waals surface area contributed by atoms with E-state index in [1.54, 1.807) is 7.11 Å². The fourth-order valence-corrected chi connectivity index (χ4v) is 2.90. The Morgan fingerprint density at radius 1 is 1.53 bits per heavy atom. The molecule has 0 bridgehead atoms. The summed E-state index contributed by atoms with van der Waals surface area (Å²) in [4.78, 5) is 2.57. The Labute approximate surface area is 105 Å². The lowest BCUT2D eigenvalue weighted by Gasteiger charge is -2.35. The van der Waals surface area contributed by atoms with Gasteiger partial charge in [-0.15, -0.1) is 0 Å². The maximum atomic E-state index is 5.52. The molecule has 0 aromatic rings.